The third kappa shape index (κ3) is 4.72. The molecule has 3 rings (SSSR count). The van der Waals surface area contributed by atoms with Gasteiger partial charge in [-0.2, -0.15) is 11.3 Å². The van der Waals surface area contributed by atoms with Crippen LogP contribution in [-0.4, -0.2) is 17.2 Å². The SMILES string of the molecule is CCCC(Cc1ccsc1)NC1CCc2c(O)cccc2C1.Cl. The van der Waals surface area contributed by atoms with Gasteiger partial charge in [0.1, 0.15) is 5.75 Å². The van der Waals surface area contributed by atoms with E-state index < -0.39 is 0 Å². The second-order valence-electron chi connectivity index (χ2n) is 6.34. The molecular weight excluding hydrogens is 326 g/mol. The predicted molar refractivity (Wildman–Crippen MR) is 101 cm³/mol. The van der Waals surface area contributed by atoms with E-state index in [9.17, 15) is 5.11 Å². The Labute approximate surface area is 149 Å². The molecule has 0 spiro atoms. The average molecular weight is 352 g/mol. The van der Waals surface area contributed by atoms with Crippen molar-refractivity contribution in [3.63, 3.8) is 0 Å². The van der Waals surface area contributed by atoms with E-state index in [0.29, 0.717) is 17.8 Å². The number of thiophene rings is 1. The van der Waals surface area contributed by atoms with Crippen molar-refractivity contribution in [2.45, 2.75) is 57.5 Å². The van der Waals surface area contributed by atoms with E-state index in [1.165, 1.54) is 24.0 Å². The summed E-state index contributed by atoms with van der Waals surface area (Å²) >= 11 is 1.78. The third-order valence-electron chi connectivity index (χ3n) is 4.63. The highest BCUT2D eigenvalue weighted by Crippen LogP contribution is 2.29. The minimum absolute atomic E-state index is 0. The Bertz CT molecular complexity index is 599. The molecule has 2 unspecified atom stereocenters. The molecule has 0 fully saturated rings. The molecule has 0 radical (unpaired) electrons. The smallest absolute Gasteiger partial charge is 0.119 e. The van der Waals surface area contributed by atoms with E-state index in [0.717, 1.165) is 31.2 Å². The summed E-state index contributed by atoms with van der Waals surface area (Å²) in [7, 11) is 0. The second-order valence-corrected chi connectivity index (χ2v) is 7.12. The van der Waals surface area contributed by atoms with E-state index in [4.69, 9.17) is 0 Å². The van der Waals surface area contributed by atoms with Gasteiger partial charge in [0.15, 0.2) is 0 Å². The number of benzene rings is 1. The fraction of sp³-hybridized carbons (Fsp3) is 0.474. The van der Waals surface area contributed by atoms with Crippen LogP contribution < -0.4 is 5.32 Å². The fourth-order valence-corrected chi connectivity index (χ4v) is 4.23. The van der Waals surface area contributed by atoms with Crippen LogP contribution in [0.4, 0.5) is 0 Å². The largest absolute Gasteiger partial charge is 0.508 e. The van der Waals surface area contributed by atoms with Crippen LogP contribution in [0.1, 0.15) is 42.9 Å². The normalized spacial score (nSPS) is 18.0. The highest BCUT2D eigenvalue weighted by Gasteiger charge is 2.22. The number of halogens is 1. The molecule has 0 saturated heterocycles. The molecule has 2 nitrogen and oxygen atoms in total. The van der Waals surface area contributed by atoms with Gasteiger partial charge in [-0.05, 0) is 71.7 Å². The molecule has 0 saturated carbocycles. The maximum atomic E-state index is 9.96. The molecule has 0 amide bonds. The summed E-state index contributed by atoms with van der Waals surface area (Å²) < 4.78 is 0. The van der Waals surface area contributed by atoms with E-state index in [-0.39, 0.29) is 12.4 Å². The van der Waals surface area contributed by atoms with Gasteiger partial charge in [-0.1, -0.05) is 25.5 Å². The van der Waals surface area contributed by atoms with Crippen LogP contribution in [0.25, 0.3) is 0 Å². The first kappa shape index (κ1) is 18.3. The predicted octanol–water partition coefficient (Wildman–Crippen LogP) is 4.73. The zero-order valence-electron chi connectivity index (χ0n) is 13.6. The highest BCUT2D eigenvalue weighted by atomic mass is 35.5. The lowest BCUT2D eigenvalue weighted by atomic mass is 9.87. The zero-order valence-corrected chi connectivity index (χ0v) is 15.3. The molecule has 0 aliphatic heterocycles. The van der Waals surface area contributed by atoms with Crippen molar-refractivity contribution in [2.75, 3.05) is 0 Å². The topological polar surface area (TPSA) is 32.3 Å². The number of aromatic hydroxyl groups is 1. The van der Waals surface area contributed by atoms with Gasteiger partial charge < -0.3 is 10.4 Å². The number of rotatable bonds is 6. The van der Waals surface area contributed by atoms with Gasteiger partial charge >= 0.3 is 0 Å². The maximum Gasteiger partial charge on any atom is 0.119 e. The van der Waals surface area contributed by atoms with Crippen LogP contribution in [-0.2, 0) is 19.3 Å². The van der Waals surface area contributed by atoms with Crippen molar-refractivity contribution < 1.29 is 5.11 Å². The Morgan fingerprint density at radius 3 is 2.96 bits per heavy atom. The van der Waals surface area contributed by atoms with E-state index in [2.05, 4.69) is 35.1 Å². The van der Waals surface area contributed by atoms with Crippen molar-refractivity contribution in [1.82, 2.24) is 5.32 Å². The molecule has 2 atom stereocenters. The number of fused-ring (bicyclic) bond motifs is 1. The summed E-state index contributed by atoms with van der Waals surface area (Å²) in [5.74, 6) is 0.472. The van der Waals surface area contributed by atoms with Crippen LogP contribution in [0.15, 0.2) is 35.0 Å². The Morgan fingerprint density at radius 1 is 1.35 bits per heavy atom. The van der Waals surface area contributed by atoms with Gasteiger partial charge in [-0.15, -0.1) is 12.4 Å². The first-order valence-corrected chi connectivity index (χ1v) is 9.27. The van der Waals surface area contributed by atoms with Crippen molar-refractivity contribution in [3.8, 4) is 5.75 Å². The molecule has 1 heterocycles. The minimum Gasteiger partial charge on any atom is -0.508 e. The zero-order chi connectivity index (χ0) is 15.4. The Hall–Kier alpha value is -1.03. The lowest BCUT2D eigenvalue weighted by Gasteiger charge is -2.30. The minimum atomic E-state index is 0. The van der Waals surface area contributed by atoms with Gasteiger partial charge in [-0.25, -0.2) is 0 Å². The maximum absolute atomic E-state index is 9.96. The molecule has 2 aromatic rings. The first-order chi connectivity index (χ1) is 10.8. The second kappa shape index (κ2) is 8.72. The average Bonchev–Trinajstić information content (AvgIpc) is 3.00. The molecular formula is C19H26ClNOS. The fourth-order valence-electron chi connectivity index (χ4n) is 3.55. The Kier molecular flexibility index (Phi) is 6.94. The summed E-state index contributed by atoms with van der Waals surface area (Å²) in [5, 5.41) is 18.3. The summed E-state index contributed by atoms with van der Waals surface area (Å²) in [4.78, 5) is 0. The standard InChI is InChI=1S/C19H25NOS.ClH/c1-2-4-16(11-14-9-10-22-13-14)20-17-7-8-18-15(12-17)5-3-6-19(18)21;/h3,5-6,9-10,13,16-17,20-21H,2,4,7-8,11-12H2,1H3;1H. The summed E-state index contributed by atoms with van der Waals surface area (Å²) in [6, 6.07) is 9.27. The lowest BCUT2D eigenvalue weighted by Crippen LogP contribution is -2.42. The van der Waals surface area contributed by atoms with Gasteiger partial charge in [0, 0.05) is 12.1 Å². The molecule has 1 aliphatic carbocycles. The molecule has 1 aromatic carbocycles. The molecule has 1 aromatic heterocycles. The number of hydrogen-bond acceptors (Lipinski definition) is 3. The van der Waals surface area contributed by atoms with Crippen LogP contribution in [0, 0.1) is 0 Å². The highest BCUT2D eigenvalue weighted by molar-refractivity contribution is 7.07. The number of hydrogen-bond donors (Lipinski definition) is 2. The first-order valence-electron chi connectivity index (χ1n) is 8.33. The summed E-state index contributed by atoms with van der Waals surface area (Å²) in [6.07, 6.45) is 6.70. The molecule has 0 bridgehead atoms. The summed E-state index contributed by atoms with van der Waals surface area (Å²) in [6.45, 7) is 2.26. The Morgan fingerprint density at radius 2 is 2.22 bits per heavy atom. The Balaban J connectivity index is 0.00000192. The van der Waals surface area contributed by atoms with Crippen LogP contribution in [0.5, 0.6) is 5.75 Å². The van der Waals surface area contributed by atoms with Gasteiger partial charge in [0.25, 0.3) is 0 Å². The number of phenols is 1. The van der Waals surface area contributed by atoms with E-state index in [1.807, 2.05) is 12.1 Å². The number of nitrogens with one attached hydrogen (secondary N) is 1. The lowest BCUT2D eigenvalue weighted by molar-refractivity contribution is 0.369. The van der Waals surface area contributed by atoms with Gasteiger partial charge in [0.05, 0.1) is 0 Å². The number of phenolic OH excluding ortho intramolecular Hbond substituents is 1. The monoisotopic (exact) mass is 351 g/mol. The van der Waals surface area contributed by atoms with Crippen LogP contribution in [0.2, 0.25) is 0 Å². The van der Waals surface area contributed by atoms with E-state index >= 15 is 0 Å². The van der Waals surface area contributed by atoms with Crippen molar-refractivity contribution in [1.29, 1.82) is 0 Å². The molecule has 126 valence electrons. The molecule has 1 aliphatic rings. The van der Waals surface area contributed by atoms with Gasteiger partial charge in [0.2, 0.25) is 0 Å². The van der Waals surface area contributed by atoms with Crippen molar-refractivity contribution >= 4 is 23.7 Å². The quantitative estimate of drug-likeness (QED) is 0.788. The molecule has 4 heteroatoms. The van der Waals surface area contributed by atoms with E-state index in [1.54, 1.807) is 11.3 Å². The van der Waals surface area contributed by atoms with Crippen molar-refractivity contribution in [3.05, 3.63) is 51.7 Å². The van der Waals surface area contributed by atoms with Crippen molar-refractivity contribution in [2.24, 2.45) is 0 Å². The van der Waals surface area contributed by atoms with Crippen LogP contribution in [0.3, 0.4) is 0 Å². The molecule has 2 N–H and O–H groups in total. The third-order valence-corrected chi connectivity index (χ3v) is 5.36. The summed E-state index contributed by atoms with van der Waals surface area (Å²) in [5.41, 5.74) is 3.92. The van der Waals surface area contributed by atoms with Gasteiger partial charge in [-0.3, -0.25) is 0 Å². The molecule has 23 heavy (non-hydrogen) atoms. The van der Waals surface area contributed by atoms with Crippen LogP contribution >= 0.6 is 23.7 Å².